The fourth-order valence-electron chi connectivity index (χ4n) is 2.94. The van der Waals surface area contributed by atoms with E-state index in [9.17, 15) is 4.79 Å². The molecule has 0 bridgehead atoms. The van der Waals surface area contributed by atoms with Gasteiger partial charge in [0.05, 0.1) is 13.2 Å². The monoisotopic (exact) mass is 299 g/mol. The van der Waals surface area contributed by atoms with Crippen molar-refractivity contribution in [2.45, 2.75) is 52.6 Å². The van der Waals surface area contributed by atoms with Crippen LogP contribution in [0.4, 0.5) is 0 Å². The van der Waals surface area contributed by atoms with E-state index >= 15 is 0 Å². The summed E-state index contributed by atoms with van der Waals surface area (Å²) in [5, 5.41) is 3.11. The minimum atomic E-state index is -0.142. The van der Waals surface area contributed by atoms with Gasteiger partial charge in [-0.25, -0.2) is 0 Å². The van der Waals surface area contributed by atoms with Gasteiger partial charge in [0, 0.05) is 37.6 Å². The molecule has 1 heterocycles. The largest absolute Gasteiger partial charge is 0.379 e. The second-order valence-electron chi connectivity index (χ2n) is 6.19. The maximum atomic E-state index is 12.1. The topological polar surface area (TPSA) is 67.6 Å². The molecule has 0 aromatic carbocycles. The van der Waals surface area contributed by atoms with E-state index in [0.717, 1.165) is 39.1 Å². The molecular formula is C16H33N3O2. The zero-order valence-electron chi connectivity index (χ0n) is 14.1. The minimum absolute atomic E-state index is 0.0641. The van der Waals surface area contributed by atoms with Gasteiger partial charge in [0.15, 0.2) is 0 Å². The van der Waals surface area contributed by atoms with E-state index in [0.29, 0.717) is 18.5 Å². The first-order chi connectivity index (χ1) is 10.0. The molecule has 1 aliphatic heterocycles. The number of amides is 1. The number of carbonyl (C=O) groups excluding carboxylic acids is 1. The van der Waals surface area contributed by atoms with E-state index in [4.69, 9.17) is 10.5 Å². The fraction of sp³-hybridized carbons (Fsp3) is 0.938. The molecule has 1 saturated heterocycles. The van der Waals surface area contributed by atoms with Gasteiger partial charge in [-0.1, -0.05) is 33.6 Å². The fourth-order valence-corrected chi connectivity index (χ4v) is 2.94. The molecule has 0 radical (unpaired) electrons. The second-order valence-corrected chi connectivity index (χ2v) is 6.19. The highest BCUT2D eigenvalue weighted by Gasteiger charge is 2.28. The molecule has 3 N–H and O–H groups in total. The Kier molecular flexibility index (Phi) is 8.22. The smallest absolute Gasteiger partial charge is 0.224 e. The maximum Gasteiger partial charge on any atom is 0.224 e. The Hall–Kier alpha value is -0.650. The molecule has 0 spiro atoms. The van der Waals surface area contributed by atoms with Crippen molar-refractivity contribution in [3.05, 3.63) is 0 Å². The number of hydrogen-bond acceptors (Lipinski definition) is 4. The Balaban J connectivity index is 2.62. The summed E-state index contributed by atoms with van der Waals surface area (Å²) < 4.78 is 5.45. The Labute approximate surface area is 129 Å². The third-order valence-electron chi connectivity index (χ3n) is 4.80. The second kappa shape index (κ2) is 9.38. The summed E-state index contributed by atoms with van der Waals surface area (Å²) in [5.74, 6) is 0.528. The number of nitrogens with one attached hydrogen (secondary N) is 1. The summed E-state index contributed by atoms with van der Waals surface area (Å²) in [6, 6.07) is 0.285. The quantitative estimate of drug-likeness (QED) is 0.707. The van der Waals surface area contributed by atoms with Crippen molar-refractivity contribution in [1.82, 2.24) is 10.2 Å². The van der Waals surface area contributed by atoms with Crippen LogP contribution in [-0.4, -0.2) is 55.7 Å². The lowest BCUT2D eigenvalue weighted by molar-refractivity contribution is -0.125. The number of carbonyl (C=O) groups is 1. The van der Waals surface area contributed by atoms with Gasteiger partial charge in [0.2, 0.25) is 5.91 Å². The van der Waals surface area contributed by atoms with Crippen LogP contribution in [0.5, 0.6) is 0 Å². The Bertz CT molecular complexity index is 300. The lowest BCUT2D eigenvalue weighted by atomic mass is 9.92. The van der Waals surface area contributed by atoms with Crippen molar-refractivity contribution in [2.75, 3.05) is 32.8 Å². The van der Waals surface area contributed by atoms with Crippen molar-refractivity contribution in [2.24, 2.45) is 17.6 Å². The van der Waals surface area contributed by atoms with Gasteiger partial charge in [0.25, 0.3) is 0 Å². The number of hydrogen-bond donors (Lipinski definition) is 2. The molecule has 0 aromatic rings. The van der Waals surface area contributed by atoms with Crippen molar-refractivity contribution in [3.63, 3.8) is 0 Å². The number of morpholine rings is 1. The van der Waals surface area contributed by atoms with Gasteiger partial charge in [0.1, 0.15) is 0 Å². The standard InChI is InChI=1S/C16H33N3O2/c1-5-14(6-2)15(19-7-9-21-10-8-19)11-18-16(20)12(3)13(4)17/h12-15H,5-11,17H2,1-4H3,(H,18,20). The Morgan fingerprint density at radius 3 is 2.29 bits per heavy atom. The van der Waals surface area contributed by atoms with Gasteiger partial charge in [-0.05, 0) is 12.8 Å². The average Bonchev–Trinajstić information content (AvgIpc) is 2.51. The molecule has 5 nitrogen and oxygen atoms in total. The van der Waals surface area contributed by atoms with Crippen molar-refractivity contribution in [1.29, 1.82) is 0 Å². The van der Waals surface area contributed by atoms with E-state index < -0.39 is 0 Å². The van der Waals surface area contributed by atoms with Crippen LogP contribution in [0.15, 0.2) is 0 Å². The van der Waals surface area contributed by atoms with Gasteiger partial charge < -0.3 is 15.8 Å². The van der Waals surface area contributed by atoms with E-state index in [1.54, 1.807) is 0 Å². The molecule has 21 heavy (non-hydrogen) atoms. The predicted molar refractivity (Wildman–Crippen MR) is 86.1 cm³/mol. The first-order valence-electron chi connectivity index (χ1n) is 8.36. The lowest BCUT2D eigenvalue weighted by Gasteiger charge is -2.39. The first kappa shape index (κ1) is 18.4. The third-order valence-corrected chi connectivity index (χ3v) is 4.80. The van der Waals surface area contributed by atoms with Crippen LogP contribution in [-0.2, 0) is 9.53 Å². The first-order valence-corrected chi connectivity index (χ1v) is 8.36. The number of nitrogens with two attached hydrogens (primary N) is 1. The number of ether oxygens (including phenoxy) is 1. The van der Waals surface area contributed by atoms with E-state index in [1.165, 1.54) is 0 Å². The normalized spacial score (nSPS) is 21.0. The average molecular weight is 299 g/mol. The summed E-state index contributed by atoms with van der Waals surface area (Å²) in [7, 11) is 0. The highest BCUT2D eigenvalue weighted by Crippen LogP contribution is 2.19. The van der Waals surface area contributed by atoms with Crippen LogP contribution in [0.2, 0.25) is 0 Å². The summed E-state index contributed by atoms with van der Waals surface area (Å²) >= 11 is 0. The minimum Gasteiger partial charge on any atom is -0.379 e. The van der Waals surface area contributed by atoms with Gasteiger partial charge in [-0.2, -0.15) is 0 Å². The molecular weight excluding hydrogens is 266 g/mol. The molecule has 5 heteroatoms. The zero-order valence-corrected chi connectivity index (χ0v) is 14.1. The van der Waals surface area contributed by atoms with Crippen LogP contribution >= 0.6 is 0 Å². The van der Waals surface area contributed by atoms with Crippen molar-refractivity contribution < 1.29 is 9.53 Å². The predicted octanol–water partition coefficient (Wildman–Crippen LogP) is 1.22. The van der Waals surface area contributed by atoms with Crippen LogP contribution < -0.4 is 11.1 Å². The van der Waals surface area contributed by atoms with Crippen LogP contribution in [0.3, 0.4) is 0 Å². The van der Waals surface area contributed by atoms with E-state index in [-0.39, 0.29) is 17.9 Å². The molecule has 0 saturated carbocycles. The molecule has 3 atom stereocenters. The van der Waals surface area contributed by atoms with Gasteiger partial charge in [-0.15, -0.1) is 0 Å². The third kappa shape index (κ3) is 5.57. The van der Waals surface area contributed by atoms with E-state index in [2.05, 4.69) is 24.1 Å². The molecule has 1 rings (SSSR count). The summed E-state index contributed by atoms with van der Waals surface area (Å²) in [4.78, 5) is 14.6. The molecule has 1 aliphatic rings. The van der Waals surface area contributed by atoms with Crippen molar-refractivity contribution >= 4 is 5.91 Å². The Morgan fingerprint density at radius 1 is 1.24 bits per heavy atom. The molecule has 124 valence electrons. The van der Waals surface area contributed by atoms with Gasteiger partial charge >= 0.3 is 0 Å². The molecule has 0 aliphatic carbocycles. The van der Waals surface area contributed by atoms with E-state index in [1.807, 2.05) is 13.8 Å². The van der Waals surface area contributed by atoms with Crippen molar-refractivity contribution in [3.8, 4) is 0 Å². The molecule has 0 aromatic heterocycles. The number of nitrogens with zero attached hydrogens (tertiary/aromatic N) is 1. The highest BCUT2D eigenvalue weighted by atomic mass is 16.5. The zero-order chi connectivity index (χ0) is 15.8. The van der Waals surface area contributed by atoms with Crippen LogP contribution in [0.25, 0.3) is 0 Å². The number of rotatable bonds is 8. The molecule has 1 amide bonds. The Morgan fingerprint density at radius 2 is 1.81 bits per heavy atom. The SMILES string of the molecule is CCC(CC)C(CNC(=O)C(C)C(C)N)N1CCOCC1. The summed E-state index contributed by atoms with van der Waals surface area (Å²) in [6.07, 6.45) is 2.27. The van der Waals surface area contributed by atoms with Crippen LogP contribution in [0.1, 0.15) is 40.5 Å². The van der Waals surface area contributed by atoms with Gasteiger partial charge in [-0.3, -0.25) is 9.69 Å². The summed E-state index contributed by atoms with van der Waals surface area (Å²) in [6.45, 7) is 12.4. The van der Waals surface area contributed by atoms with Crippen LogP contribution in [0, 0.1) is 11.8 Å². The lowest BCUT2D eigenvalue weighted by Crippen LogP contribution is -2.53. The highest BCUT2D eigenvalue weighted by molar-refractivity contribution is 5.78. The summed E-state index contributed by atoms with van der Waals surface area (Å²) in [5.41, 5.74) is 5.81. The molecule has 1 fully saturated rings. The molecule has 3 unspecified atom stereocenters. The maximum absolute atomic E-state index is 12.1.